The minimum Gasteiger partial charge on any atom is -0.493 e. The molecule has 0 aliphatic heterocycles. The van der Waals surface area contributed by atoms with Crippen molar-refractivity contribution >= 4 is 0 Å². The molecule has 0 aliphatic carbocycles. The minimum absolute atomic E-state index is 0.883. The van der Waals surface area contributed by atoms with Gasteiger partial charge in [0, 0.05) is 19.5 Å². The first-order valence-corrected chi connectivity index (χ1v) is 5.57. The van der Waals surface area contributed by atoms with E-state index in [4.69, 9.17) is 4.74 Å². The molecule has 0 spiro atoms. The van der Waals surface area contributed by atoms with Gasteiger partial charge in [0.2, 0.25) is 0 Å². The summed E-state index contributed by atoms with van der Waals surface area (Å²) in [6.45, 7) is 2.82. The largest absolute Gasteiger partial charge is 0.493 e. The second kappa shape index (κ2) is 6.50. The van der Waals surface area contributed by atoms with Crippen LogP contribution in [0.15, 0.2) is 6.20 Å². The second-order valence-corrected chi connectivity index (χ2v) is 4.04. The quantitative estimate of drug-likeness (QED) is 0.722. The number of hydrogen-bond donors (Lipinski definition) is 1. The summed E-state index contributed by atoms with van der Waals surface area (Å²) in [5, 5.41) is 7.49. The lowest BCUT2D eigenvalue weighted by atomic mass is 10.3. The van der Waals surface area contributed by atoms with Crippen LogP contribution in [-0.4, -0.2) is 56.0 Å². The van der Waals surface area contributed by atoms with Crippen LogP contribution in [0, 0.1) is 0 Å². The van der Waals surface area contributed by atoms with E-state index in [-0.39, 0.29) is 0 Å². The van der Waals surface area contributed by atoms with Crippen molar-refractivity contribution in [1.29, 1.82) is 0 Å². The van der Waals surface area contributed by atoms with E-state index in [1.165, 1.54) is 5.69 Å². The molecule has 0 fully saturated rings. The van der Waals surface area contributed by atoms with Crippen LogP contribution < -0.4 is 10.1 Å². The fourth-order valence-electron chi connectivity index (χ4n) is 1.55. The summed E-state index contributed by atoms with van der Waals surface area (Å²) < 4.78 is 7.33. The number of hydrogen-bond acceptors (Lipinski definition) is 4. The summed E-state index contributed by atoms with van der Waals surface area (Å²) >= 11 is 0. The molecule has 1 aromatic rings. The van der Waals surface area contributed by atoms with Gasteiger partial charge in [0.25, 0.3) is 0 Å². The Balaban J connectivity index is 2.70. The summed E-state index contributed by atoms with van der Waals surface area (Å²) in [5.41, 5.74) is 1.17. The van der Waals surface area contributed by atoms with E-state index in [2.05, 4.69) is 29.4 Å². The number of nitrogens with one attached hydrogen (secondary N) is 1. The third-order valence-corrected chi connectivity index (χ3v) is 2.50. The molecule has 0 amide bonds. The Bertz CT molecular complexity index is 309. The summed E-state index contributed by atoms with van der Waals surface area (Å²) in [6, 6.07) is 0. The predicted molar refractivity (Wildman–Crippen MR) is 65.0 cm³/mol. The molecule has 0 saturated heterocycles. The van der Waals surface area contributed by atoms with Crippen LogP contribution in [0.5, 0.6) is 5.75 Å². The van der Waals surface area contributed by atoms with Gasteiger partial charge in [-0.05, 0) is 21.1 Å². The zero-order valence-corrected chi connectivity index (χ0v) is 10.7. The summed E-state index contributed by atoms with van der Waals surface area (Å²) in [4.78, 5) is 2.15. The molecule has 0 atom stereocenters. The lowest BCUT2D eigenvalue weighted by molar-refractivity contribution is 0.365. The molecular formula is C11H22N4O. The molecule has 1 aromatic heterocycles. The Morgan fingerprint density at radius 1 is 1.50 bits per heavy atom. The van der Waals surface area contributed by atoms with Crippen LogP contribution in [0.4, 0.5) is 0 Å². The normalized spacial score (nSPS) is 11.1. The van der Waals surface area contributed by atoms with Crippen molar-refractivity contribution in [3.8, 4) is 5.75 Å². The fraction of sp³-hybridized carbons (Fsp3) is 0.727. The molecule has 1 heterocycles. The first kappa shape index (κ1) is 13.0. The van der Waals surface area contributed by atoms with Crippen molar-refractivity contribution in [2.75, 3.05) is 41.3 Å². The highest BCUT2D eigenvalue weighted by Gasteiger charge is 2.10. The molecule has 0 saturated carbocycles. The van der Waals surface area contributed by atoms with Crippen LogP contribution in [0.1, 0.15) is 5.69 Å². The number of aromatic nitrogens is 2. The van der Waals surface area contributed by atoms with Gasteiger partial charge in [0.15, 0.2) is 5.75 Å². The van der Waals surface area contributed by atoms with E-state index in [0.717, 1.165) is 31.8 Å². The Morgan fingerprint density at radius 3 is 2.81 bits per heavy atom. The molecule has 0 aromatic carbocycles. The van der Waals surface area contributed by atoms with E-state index in [0.29, 0.717) is 0 Å². The predicted octanol–water partition coefficient (Wildman–Crippen LogP) is 0.215. The van der Waals surface area contributed by atoms with E-state index >= 15 is 0 Å². The van der Waals surface area contributed by atoms with Crippen molar-refractivity contribution in [2.45, 2.75) is 13.0 Å². The highest BCUT2D eigenvalue weighted by atomic mass is 16.5. The third-order valence-electron chi connectivity index (χ3n) is 2.50. The molecular weight excluding hydrogens is 204 g/mol. The van der Waals surface area contributed by atoms with E-state index < -0.39 is 0 Å². The Hall–Kier alpha value is -1.07. The maximum Gasteiger partial charge on any atom is 0.159 e. The summed E-state index contributed by atoms with van der Waals surface area (Å²) in [7, 11) is 7.77. The first-order chi connectivity index (χ1) is 7.69. The SMILES string of the molecule is CNCCc1c(OC)cnn1CCN(C)C. The van der Waals surface area contributed by atoms with Gasteiger partial charge in [0.1, 0.15) is 0 Å². The monoisotopic (exact) mass is 226 g/mol. The average molecular weight is 226 g/mol. The highest BCUT2D eigenvalue weighted by Crippen LogP contribution is 2.17. The van der Waals surface area contributed by atoms with Gasteiger partial charge in [-0.25, -0.2) is 0 Å². The zero-order valence-electron chi connectivity index (χ0n) is 10.7. The number of ether oxygens (including phenoxy) is 1. The molecule has 0 aliphatic rings. The lowest BCUT2D eigenvalue weighted by Crippen LogP contribution is -2.21. The van der Waals surface area contributed by atoms with Crippen molar-refractivity contribution in [1.82, 2.24) is 20.0 Å². The topological polar surface area (TPSA) is 42.3 Å². The molecule has 1 rings (SSSR count). The summed E-state index contributed by atoms with van der Waals surface area (Å²) in [5.74, 6) is 0.883. The van der Waals surface area contributed by atoms with Gasteiger partial charge in [-0.2, -0.15) is 5.10 Å². The maximum atomic E-state index is 5.31. The van der Waals surface area contributed by atoms with Gasteiger partial charge >= 0.3 is 0 Å². The minimum atomic E-state index is 0.883. The average Bonchev–Trinajstić information content (AvgIpc) is 2.65. The van der Waals surface area contributed by atoms with E-state index in [1.807, 2.05) is 11.7 Å². The smallest absolute Gasteiger partial charge is 0.159 e. The van der Waals surface area contributed by atoms with Gasteiger partial charge in [-0.15, -0.1) is 0 Å². The third kappa shape index (κ3) is 3.50. The molecule has 0 radical (unpaired) electrons. The molecule has 0 unspecified atom stereocenters. The van der Waals surface area contributed by atoms with Crippen LogP contribution in [0.25, 0.3) is 0 Å². The molecule has 92 valence electrons. The van der Waals surface area contributed by atoms with Crippen LogP contribution >= 0.6 is 0 Å². The Morgan fingerprint density at radius 2 is 2.25 bits per heavy atom. The van der Waals surface area contributed by atoms with E-state index in [9.17, 15) is 0 Å². The molecule has 16 heavy (non-hydrogen) atoms. The van der Waals surface area contributed by atoms with E-state index in [1.54, 1.807) is 13.3 Å². The van der Waals surface area contributed by atoms with Gasteiger partial charge in [0.05, 0.1) is 25.5 Å². The van der Waals surface area contributed by atoms with Crippen LogP contribution in [0.3, 0.4) is 0 Å². The van der Waals surface area contributed by atoms with Gasteiger partial charge < -0.3 is 15.0 Å². The molecule has 5 nitrogen and oxygen atoms in total. The first-order valence-electron chi connectivity index (χ1n) is 5.57. The van der Waals surface area contributed by atoms with Gasteiger partial charge in [-0.1, -0.05) is 0 Å². The van der Waals surface area contributed by atoms with Gasteiger partial charge in [-0.3, -0.25) is 4.68 Å². The lowest BCUT2D eigenvalue weighted by Gasteiger charge is -2.12. The Kier molecular flexibility index (Phi) is 5.28. The number of methoxy groups -OCH3 is 1. The maximum absolute atomic E-state index is 5.31. The molecule has 5 heteroatoms. The van der Waals surface area contributed by atoms with Crippen LogP contribution in [-0.2, 0) is 13.0 Å². The fourth-order valence-corrected chi connectivity index (χ4v) is 1.55. The number of nitrogens with zero attached hydrogens (tertiary/aromatic N) is 3. The molecule has 0 bridgehead atoms. The highest BCUT2D eigenvalue weighted by molar-refractivity contribution is 5.25. The zero-order chi connectivity index (χ0) is 12.0. The van der Waals surface area contributed by atoms with Crippen molar-refractivity contribution < 1.29 is 4.74 Å². The van der Waals surface area contributed by atoms with Crippen LogP contribution in [0.2, 0.25) is 0 Å². The second-order valence-electron chi connectivity index (χ2n) is 4.04. The Labute approximate surface area is 97.4 Å². The van der Waals surface area contributed by atoms with Crippen molar-refractivity contribution in [3.05, 3.63) is 11.9 Å². The van der Waals surface area contributed by atoms with Crippen molar-refractivity contribution in [3.63, 3.8) is 0 Å². The molecule has 1 N–H and O–H groups in total. The number of likely N-dealkylation sites (N-methyl/N-ethyl adjacent to an activating group) is 2. The van der Waals surface area contributed by atoms with Crippen molar-refractivity contribution in [2.24, 2.45) is 0 Å². The number of rotatable bonds is 7. The standard InChI is InChI=1S/C11H22N4O/c1-12-6-5-10-11(16-4)9-13-15(10)8-7-14(2)3/h9,12H,5-8H2,1-4H3. The summed E-state index contributed by atoms with van der Waals surface area (Å²) in [6.07, 6.45) is 2.73.